The minimum Gasteiger partial charge on any atom is -0.329 e. The van der Waals surface area contributed by atoms with Crippen molar-refractivity contribution >= 4 is 17.8 Å². The van der Waals surface area contributed by atoms with E-state index in [0.29, 0.717) is 11.5 Å². The van der Waals surface area contributed by atoms with E-state index in [-0.39, 0.29) is 24.0 Å². The van der Waals surface area contributed by atoms with E-state index >= 15 is 0 Å². The highest BCUT2D eigenvalue weighted by Gasteiger charge is 2.44. The van der Waals surface area contributed by atoms with Gasteiger partial charge < -0.3 is 4.84 Å². The first-order valence-electron chi connectivity index (χ1n) is 6.98. The van der Waals surface area contributed by atoms with Crippen LogP contribution < -0.4 is 0 Å². The summed E-state index contributed by atoms with van der Waals surface area (Å²) in [7, 11) is 0. The smallest absolute Gasteiger partial charge is 0.329 e. The molecule has 2 amide bonds. The van der Waals surface area contributed by atoms with Gasteiger partial charge >= 0.3 is 5.97 Å². The van der Waals surface area contributed by atoms with Crippen LogP contribution in [0.4, 0.5) is 8.78 Å². The predicted octanol–water partition coefficient (Wildman–Crippen LogP) is 2.42. The van der Waals surface area contributed by atoms with Crippen LogP contribution >= 0.6 is 0 Å². The molecule has 0 radical (unpaired) electrons. The van der Waals surface area contributed by atoms with Crippen molar-refractivity contribution in [1.29, 1.82) is 0 Å². The first-order chi connectivity index (χ1) is 10.5. The van der Waals surface area contributed by atoms with Crippen molar-refractivity contribution in [2.75, 3.05) is 0 Å². The van der Waals surface area contributed by atoms with Gasteiger partial charge in [-0.25, -0.2) is 13.6 Å². The fraction of sp³-hybridized carbons (Fsp3) is 0.400. The van der Waals surface area contributed by atoms with Gasteiger partial charge in [0.05, 0.1) is 17.0 Å². The van der Waals surface area contributed by atoms with E-state index in [1.165, 1.54) is 12.1 Å². The Morgan fingerprint density at radius 1 is 1.14 bits per heavy atom. The summed E-state index contributed by atoms with van der Waals surface area (Å²) in [4.78, 5) is 41.0. The number of fused-ring (bicyclic) bond motifs is 1. The van der Waals surface area contributed by atoms with Gasteiger partial charge in [0.15, 0.2) is 0 Å². The molecule has 1 aliphatic heterocycles. The van der Waals surface area contributed by atoms with Gasteiger partial charge in [0, 0.05) is 5.92 Å². The van der Waals surface area contributed by atoms with Gasteiger partial charge in [-0.3, -0.25) is 9.59 Å². The number of rotatable bonds is 3. The fourth-order valence-corrected chi connectivity index (χ4v) is 2.99. The third kappa shape index (κ3) is 2.26. The lowest BCUT2D eigenvalue weighted by Crippen LogP contribution is -2.36. The van der Waals surface area contributed by atoms with Crippen molar-refractivity contribution in [1.82, 2.24) is 5.06 Å². The number of imide groups is 1. The fourth-order valence-electron chi connectivity index (χ4n) is 2.99. The standard InChI is InChI=1S/C15H13F2NO4/c16-12(17)8-6-3-7-11(8)15(21)22-18-13(19)9-4-1-2-5-10(9)14(18)20/h1-2,4-5,8,11-12H,3,6-7H2. The molecule has 0 spiro atoms. The van der Waals surface area contributed by atoms with Crippen LogP contribution in [0.15, 0.2) is 24.3 Å². The molecular formula is C15H13F2NO4. The third-order valence-corrected chi connectivity index (χ3v) is 4.13. The molecule has 0 saturated heterocycles. The summed E-state index contributed by atoms with van der Waals surface area (Å²) >= 11 is 0. The zero-order valence-electron chi connectivity index (χ0n) is 11.5. The number of carbonyl (C=O) groups is 3. The van der Waals surface area contributed by atoms with Crippen LogP contribution in [0, 0.1) is 11.8 Å². The number of hydrogen-bond acceptors (Lipinski definition) is 4. The summed E-state index contributed by atoms with van der Waals surface area (Å²) in [6.45, 7) is 0. The zero-order chi connectivity index (χ0) is 15.9. The molecule has 5 nitrogen and oxygen atoms in total. The van der Waals surface area contributed by atoms with Crippen LogP contribution in [-0.2, 0) is 9.63 Å². The van der Waals surface area contributed by atoms with Crippen molar-refractivity contribution in [2.24, 2.45) is 11.8 Å². The molecule has 0 bridgehead atoms. The molecule has 1 aromatic carbocycles. The second-order valence-electron chi connectivity index (χ2n) is 5.40. The van der Waals surface area contributed by atoms with E-state index in [9.17, 15) is 23.2 Å². The highest BCUT2D eigenvalue weighted by atomic mass is 19.3. The van der Waals surface area contributed by atoms with Gasteiger partial charge in [-0.2, -0.15) is 0 Å². The molecule has 1 aromatic rings. The normalized spacial score (nSPS) is 24.0. The third-order valence-electron chi connectivity index (χ3n) is 4.13. The molecule has 1 aliphatic carbocycles. The summed E-state index contributed by atoms with van der Waals surface area (Å²) in [6, 6.07) is 6.06. The molecule has 1 saturated carbocycles. The molecule has 1 fully saturated rings. The number of halogens is 2. The number of carbonyl (C=O) groups excluding carboxylic acids is 3. The van der Waals surface area contributed by atoms with Crippen LogP contribution in [0.3, 0.4) is 0 Å². The Bertz CT molecular complexity index is 611. The number of benzene rings is 1. The van der Waals surface area contributed by atoms with E-state index in [1.54, 1.807) is 12.1 Å². The van der Waals surface area contributed by atoms with Crippen LogP contribution in [0.2, 0.25) is 0 Å². The Morgan fingerprint density at radius 2 is 1.73 bits per heavy atom. The van der Waals surface area contributed by atoms with E-state index in [0.717, 1.165) is 0 Å². The molecule has 22 heavy (non-hydrogen) atoms. The summed E-state index contributed by atoms with van der Waals surface area (Å²) in [5.41, 5.74) is 0.272. The molecule has 0 N–H and O–H groups in total. The van der Waals surface area contributed by atoms with Crippen LogP contribution in [0.25, 0.3) is 0 Å². The van der Waals surface area contributed by atoms with E-state index < -0.39 is 36.0 Å². The molecular weight excluding hydrogens is 296 g/mol. The average Bonchev–Trinajstić information content (AvgIpc) is 3.08. The summed E-state index contributed by atoms with van der Waals surface area (Å²) in [5, 5.41) is 0.369. The number of amides is 2. The Morgan fingerprint density at radius 3 is 2.27 bits per heavy atom. The van der Waals surface area contributed by atoms with Crippen molar-refractivity contribution in [3.8, 4) is 0 Å². The maximum absolute atomic E-state index is 12.9. The second-order valence-corrected chi connectivity index (χ2v) is 5.40. The number of hydrogen-bond donors (Lipinski definition) is 0. The molecule has 1 heterocycles. The van der Waals surface area contributed by atoms with Gasteiger partial charge in [-0.15, -0.1) is 0 Å². The maximum atomic E-state index is 12.9. The zero-order valence-corrected chi connectivity index (χ0v) is 11.5. The summed E-state index contributed by atoms with van der Waals surface area (Å²) < 4.78 is 25.8. The average molecular weight is 309 g/mol. The van der Waals surface area contributed by atoms with Crippen LogP contribution in [0.5, 0.6) is 0 Å². The van der Waals surface area contributed by atoms with E-state index in [4.69, 9.17) is 4.84 Å². The number of hydroxylamine groups is 2. The monoisotopic (exact) mass is 309 g/mol. The largest absolute Gasteiger partial charge is 0.336 e. The molecule has 2 unspecified atom stereocenters. The van der Waals surface area contributed by atoms with E-state index in [2.05, 4.69) is 0 Å². The summed E-state index contributed by atoms with van der Waals surface area (Å²) in [5.74, 6) is -4.51. The maximum Gasteiger partial charge on any atom is 0.336 e. The SMILES string of the molecule is O=C(ON1C(=O)c2ccccc2C1=O)C1CCCC1C(F)F. The topological polar surface area (TPSA) is 63.7 Å². The number of alkyl halides is 2. The highest BCUT2D eigenvalue weighted by molar-refractivity contribution is 6.20. The Labute approximate surface area is 124 Å². The van der Waals surface area contributed by atoms with Crippen LogP contribution in [-0.4, -0.2) is 29.3 Å². The summed E-state index contributed by atoms with van der Waals surface area (Å²) in [6.07, 6.45) is -1.62. The molecule has 2 aliphatic rings. The van der Waals surface area contributed by atoms with Gasteiger partial charge in [0.25, 0.3) is 11.8 Å². The van der Waals surface area contributed by atoms with Gasteiger partial charge in [0.1, 0.15) is 0 Å². The minimum atomic E-state index is -2.62. The Hall–Kier alpha value is -2.31. The first-order valence-corrected chi connectivity index (χ1v) is 6.98. The number of nitrogens with zero attached hydrogens (tertiary/aromatic N) is 1. The molecule has 7 heteroatoms. The lowest BCUT2D eigenvalue weighted by molar-refractivity contribution is -0.176. The Kier molecular flexibility index (Phi) is 3.64. The van der Waals surface area contributed by atoms with Crippen LogP contribution in [0.1, 0.15) is 40.0 Å². The lowest BCUT2D eigenvalue weighted by Gasteiger charge is -2.20. The van der Waals surface area contributed by atoms with Gasteiger partial charge in [0.2, 0.25) is 6.43 Å². The van der Waals surface area contributed by atoms with Gasteiger partial charge in [-0.1, -0.05) is 23.6 Å². The predicted molar refractivity (Wildman–Crippen MR) is 69.9 cm³/mol. The molecule has 3 rings (SSSR count). The second kappa shape index (κ2) is 5.47. The lowest BCUT2D eigenvalue weighted by atomic mass is 9.97. The van der Waals surface area contributed by atoms with Crippen molar-refractivity contribution in [3.63, 3.8) is 0 Å². The van der Waals surface area contributed by atoms with Crippen molar-refractivity contribution < 1.29 is 28.0 Å². The Balaban J connectivity index is 1.76. The molecule has 2 atom stereocenters. The minimum absolute atomic E-state index is 0.136. The van der Waals surface area contributed by atoms with Crippen molar-refractivity contribution in [2.45, 2.75) is 25.7 Å². The highest BCUT2D eigenvalue weighted by Crippen LogP contribution is 2.37. The van der Waals surface area contributed by atoms with E-state index in [1.807, 2.05) is 0 Å². The first kappa shape index (κ1) is 14.6. The molecule has 116 valence electrons. The quantitative estimate of drug-likeness (QED) is 0.804. The van der Waals surface area contributed by atoms with Crippen molar-refractivity contribution in [3.05, 3.63) is 35.4 Å². The van der Waals surface area contributed by atoms with Gasteiger partial charge in [-0.05, 0) is 25.0 Å². The molecule has 0 aromatic heterocycles.